The van der Waals surface area contributed by atoms with Gasteiger partial charge in [-0.15, -0.1) is 0 Å². The summed E-state index contributed by atoms with van der Waals surface area (Å²) in [4.78, 5) is 16.9. The number of ether oxygens (including phenoxy) is 1. The fourth-order valence-electron chi connectivity index (χ4n) is 4.14. The number of anilines is 1. The van der Waals surface area contributed by atoms with E-state index in [4.69, 9.17) is 16.3 Å². The van der Waals surface area contributed by atoms with E-state index in [1.165, 1.54) is 18.4 Å². The quantitative estimate of drug-likeness (QED) is 0.583. The van der Waals surface area contributed by atoms with Gasteiger partial charge in [-0.3, -0.25) is 9.69 Å². The lowest BCUT2D eigenvalue weighted by Gasteiger charge is -2.37. The summed E-state index contributed by atoms with van der Waals surface area (Å²) in [7, 11) is 1.47. The lowest BCUT2D eigenvalue weighted by atomic mass is 9.76. The van der Waals surface area contributed by atoms with Gasteiger partial charge in [-0.1, -0.05) is 48.9 Å². The summed E-state index contributed by atoms with van der Waals surface area (Å²) in [6.07, 6.45) is 2.44. The molecule has 3 rings (SSSR count). The second kappa shape index (κ2) is 10.1. The molecule has 5 heteroatoms. The number of piperazine rings is 1. The maximum atomic E-state index is 12.0. The van der Waals surface area contributed by atoms with Gasteiger partial charge < -0.3 is 9.64 Å². The Kier molecular flexibility index (Phi) is 7.57. The number of methoxy groups -OCH3 is 1. The zero-order valence-electron chi connectivity index (χ0n) is 17.4. The van der Waals surface area contributed by atoms with Gasteiger partial charge >= 0.3 is 5.97 Å². The van der Waals surface area contributed by atoms with E-state index >= 15 is 0 Å². The molecule has 1 aliphatic rings. The van der Waals surface area contributed by atoms with Crippen molar-refractivity contribution in [2.24, 2.45) is 0 Å². The minimum atomic E-state index is -0.195. The molecule has 0 N–H and O–H groups in total. The van der Waals surface area contributed by atoms with Crippen LogP contribution in [0.4, 0.5) is 5.69 Å². The van der Waals surface area contributed by atoms with Crippen molar-refractivity contribution in [2.45, 2.75) is 31.6 Å². The van der Waals surface area contributed by atoms with Gasteiger partial charge in [0.05, 0.1) is 13.5 Å². The van der Waals surface area contributed by atoms with Gasteiger partial charge in [0, 0.05) is 42.3 Å². The van der Waals surface area contributed by atoms with Crippen molar-refractivity contribution in [1.82, 2.24) is 4.90 Å². The molecule has 0 aliphatic carbocycles. The highest BCUT2D eigenvalue weighted by Crippen LogP contribution is 2.33. The summed E-state index contributed by atoms with van der Waals surface area (Å²) in [5.74, 6) is -0.145. The first-order valence-corrected chi connectivity index (χ1v) is 10.7. The van der Waals surface area contributed by atoms with E-state index < -0.39 is 0 Å². The largest absolute Gasteiger partial charge is 0.469 e. The van der Waals surface area contributed by atoms with Crippen LogP contribution in [-0.2, 0) is 14.9 Å². The molecule has 2 aromatic carbocycles. The van der Waals surface area contributed by atoms with Crippen LogP contribution in [0.1, 0.15) is 31.7 Å². The van der Waals surface area contributed by atoms with Gasteiger partial charge in [-0.25, -0.2) is 0 Å². The highest BCUT2D eigenvalue weighted by Gasteiger charge is 2.30. The number of carbonyl (C=O) groups is 1. The van der Waals surface area contributed by atoms with Crippen LogP contribution in [-0.4, -0.2) is 50.7 Å². The Labute approximate surface area is 179 Å². The molecule has 1 heterocycles. The van der Waals surface area contributed by atoms with Crippen LogP contribution in [0.3, 0.4) is 0 Å². The van der Waals surface area contributed by atoms with Gasteiger partial charge in [0.15, 0.2) is 0 Å². The molecule has 1 unspecified atom stereocenters. The molecule has 0 aromatic heterocycles. The molecule has 1 fully saturated rings. The van der Waals surface area contributed by atoms with E-state index in [1.807, 2.05) is 30.3 Å². The topological polar surface area (TPSA) is 32.8 Å². The Balaban J connectivity index is 1.51. The molecule has 0 saturated carbocycles. The molecular weight excluding hydrogens is 384 g/mol. The van der Waals surface area contributed by atoms with Crippen LogP contribution in [0, 0.1) is 0 Å². The third-order valence-corrected chi connectivity index (χ3v) is 6.25. The normalized spacial score (nSPS) is 17.0. The molecule has 1 aliphatic heterocycles. The Morgan fingerprint density at radius 3 is 2.31 bits per heavy atom. The standard InChI is InChI=1S/C24H31ClN2O2/c1-24(19-23(28)29-2,20-7-4-3-5-8-20)13-6-14-26-15-17-27(18-16-26)22-11-9-21(25)10-12-22/h3-5,7-12H,6,13-19H2,1-2H3. The summed E-state index contributed by atoms with van der Waals surface area (Å²) in [5.41, 5.74) is 2.25. The predicted molar refractivity (Wildman–Crippen MR) is 120 cm³/mol. The highest BCUT2D eigenvalue weighted by atomic mass is 35.5. The maximum Gasteiger partial charge on any atom is 0.306 e. The summed E-state index contributed by atoms with van der Waals surface area (Å²) in [6.45, 7) is 7.40. The van der Waals surface area contributed by atoms with Crippen molar-refractivity contribution in [1.29, 1.82) is 0 Å². The fraction of sp³-hybridized carbons (Fsp3) is 0.458. The third-order valence-electron chi connectivity index (χ3n) is 6.00. The number of hydrogen-bond donors (Lipinski definition) is 0. The Morgan fingerprint density at radius 2 is 1.69 bits per heavy atom. The van der Waals surface area contributed by atoms with E-state index in [1.54, 1.807) is 0 Å². The number of benzene rings is 2. The SMILES string of the molecule is COC(=O)CC(C)(CCCN1CCN(c2ccc(Cl)cc2)CC1)c1ccccc1. The van der Waals surface area contributed by atoms with E-state index in [0.717, 1.165) is 50.6 Å². The minimum Gasteiger partial charge on any atom is -0.469 e. The third kappa shape index (κ3) is 5.97. The number of esters is 1. The Morgan fingerprint density at radius 1 is 1.03 bits per heavy atom. The first-order chi connectivity index (χ1) is 14.0. The maximum absolute atomic E-state index is 12.0. The van der Waals surface area contributed by atoms with Crippen LogP contribution in [0.2, 0.25) is 5.02 Å². The molecule has 0 radical (unpaired) electrons. The zero-order valence-corrected chi connectivity index (χ0v) is 18.2. The average Bonchev–Trinajstić information content (AvgIpc) is 2.75. The van der Waals surface area contributed by atoms with E-state index in [2.05, 4.69) is 41.0 Å². The summed E-state index contributed by atoms with van der Waals surface area (Å²) in [6, 6.07) is 18.4. The van der Waals surface area contributed by atoms with Crippen molar-refractivity contribution in [3.63, 3.8) is 0 Å². The van der Waals surface area contributed by atoms with Crippen LogP contribution in [0.15, 0.2) is 54.6 Å². The molecule has 29 heavy (non-hydrogen) atoms. The Hall–Kier alpha value is -2.04. The van der Waals surface area contributed by atoms with Crippen LogP contribution < -0.4 is 4.90 Å². The van der Waals surface area contributed by atoms with Crippen LogP contribution in [0.5, 0.6) is 0 Å². The van der Waals surface area contributed by atoms with Crippen molar-refractivity contribution >= 4 is 23.3 Å². The lowest BCUT2D eigenvalue weighted by Crippen LogP contribution is -2.46. The molecule has 0 bridgehead atoms. The summed E-state index contributed by atoms with van der Waals surface area (Å²) in [5, 5.41) is 0.779. The van der Waals surface area contributed by atoms with E-state index in [9.17, 15) is 4.79 Å². The van der Waals surface area contributed by atoms with Gasteiger partial charge in [-0.2, -0.15) is 0 Å². The zero-order chi connectivity index (χ0) is 20.7. The monoisotopic (exact) mass is 414 g/mol. The molecule has 1 saturated heterocycles. The van der Waals surface area contributed by atoms with Crippen LogP contribution in [0.25, 0.3) is 0 Å². The average molecular weight is 415 g/mol. The molecule has 4 nitrogen and oxygen atoms in total. The van der Waals surface area contributed by atoms with Gasteiger partial charge in [0.1, 0.15) is 0 Å². The number of halogens is 1. The first-order valence-electron chi connectivity index (χ1n) is 10.4. The minimum absolute atomic E-state index is 0.145. The van der Waals surface area contributed by atoms with Gasteiger partial charge in [-0.05, 0) is 49.2 Å². The number of hydrogen-bond acceptors (Lipinski definition) is 4. The van der Waals surface area contributed by atoms with E-state index in [-0.39, 0.29) is 11.4 Å². The van der Waals surface area contributed by atoms with Crippen molar-refractivity contribution in [3.8, 4) is 0 Å². The smallest absolute Gasteiger partial charge is 0.306 e. The second-order valence-electron chi connectivity index (χ2n) is 8.09. The van der Waals surface area contributed by atoms with Crippen molar-refractivity contribution < 1.29 is 9.53 Å². The summed E-state index contributed by atoms with van der Waals surface area (Å²) >= 11 is 6.00. The highest BCUT2D eigenvalue weighted by molar-refractivity contribution is 6.30. The molecule has 0 amide bonds. The summed E-state index contributed by atoms with van der Waals surface area (Å²) < 4.78 is 4.96. The van der Waals surface area contributed by atoms with Crippen molar-refractivity contribution in [3.05, 3.63) is 65.2 Å². The molecular formula is C24H31ClN2O2. The van der Waals surface area contributed by atoms with Crippen LogP contribution >= 0.6 is 11.6 Å². The number of carbonyl (C=O) groups excluding carboxylic acids is 1. The lowest BCUT2D eigenvalue weighted by molar-refractivity contribution is -0.142. The second-order valence-corrected chi connectivity index (χ2v) is 8.52. The first kappa shape index (κ1) is 21.7. The van der Waals surface area contributed by atoms with Gasteiger partial charge in [0.25, 0.3) is 0 Å². The fourth-order valence-corrected chi connectivity index (χ4v) is 4.27. The van der Waals surface area contributed by atoms with Crippen molar-refractivity contribution in [2.75, 3.05) is 44.7 Å². The Bertz CT molecular complexity index is 773. The van der Waals surface area contributed by atoms with E-state index in [0.29, 0.717) is 6.42 Å². The number of rotatable bonds is 8. The molecule has 2 aromatic rings. The molecule has 1 atom stereocenters. The molecule has 0 spiro atoms. The van der Waals surface area contributed by atoms with Gasteiger partial charge in [0.2, 0.25) is 0 Å². The predicted octanol–water partition coefficient (Wildman–Crippen LogP) is 4.76. The number of nitrogens with zero attached hydrogens (tertiary/aromatic N) is 2. The molecule has 156 valence electrons.